The Morgan fingerprint density at radius 2 is 0.938 bits per heavy atom. The Balaban J connectivity index is 1.39. The molecule has 0 aromatic heterocycles. The molecule has 6 nitrogen and oxygen atoms in total. The number of hydrogen-bond acceptors (Lipinski definition) is 6. The number of hydrogen-bond donors (Lipinski definition) is 0. The maximum absolute atomic E-state index is 5.33. The number of rotatable bonds is 5. The van der Waals surface area contributed by atoms with Crippen LogP contribution in [-0.2, 0) is 0 Å². The Hall–Kier alpha value is -0.820. The molecule has 6 heteroatoms. The third-order valence-electron chi connectivity index (χ3n) is 9.21. The fourth-order valence-electron chi connectivity index (χ4n) is 8.73. The van der Waals surface area contributed by atoms with Crippen LogP contribution in [-0.4, -0.2) is 110 Å². The van der Waals surface area contributed by atoms with E-state index < -0.39 is 0 Å². The molecule has 8 heterocycles. The minimum atomic E-state index is 0.219. The predicted octanol–water partition coefficient (Wildman–Crippen LogP) is 2.37. The van der Waals surface area contributed by atoms with Crippen molar-refractivity contribution in [1.29, 1.82) is 0 Å². The van der Waals surface area contributed by atoms with Gasteiger partial charge in [0.25, 0.3) is 0 Å². The van der Waals surface area contributed by atoms with Crippen LogP contribution in [0.1, 0.15) is 40.5 Å². The average molecular weight is 441 g/mol. The Bertz CT molecular complexity index is 702. The van der Waals surface area contributed by atoms with Crippen molar-refractivity contribution in [1.82, 2.24) is 19.6 Å². The van der Waals surface area contributed by atoms with Crippen LogP contribution in [0.25, 0.3) is 0 Å². The third kappa shape index (κ3) is 3.60. The van der Waals surface area contributed by atoms with Crippen molar-refractivity contribution >= 4 is 11.4 Å². The summed E-state index contributed by atoms with van der Waals surface area (Å²) in [4.78, 5) is 10.9. The van der Waals surface area contributed by atoms with E-state index in [0.29, 0.717) is 23.7 Å². The first-order valence-electron chi connectivity index (χ1n) is 13.4. The van der Waals surface area contributed by atoms with E-state index in [0.717, 1.165) is 0 Å². The average Bonchev–Trinajstić information content (AvgIpc) is 3.06. The van der Waals surface area contributed by atoms with Crippen molar-refractivity contribution < 1.29 is 0 Å². The summed E-state index contributed by atoms with van der Waals surface area (Å²) in [6, 6.07) is 0. The summed E-state index contributed by atoms with van der Waals surface area (Å²) >= 11 is 0. The topological polar surface area (TPSA) is 37.7 Å². The molecule has 8 aliphatic rings. The van der Waals surface area contributed by atoms with Crippen LogP contribution in [0.2, 0.25) is 0 Å². The smallest absolute Gasteiger partial charge is 0.0549 e. The largest absolute Gasteiger partial charge is 0.300 e. The lowest BCUT2D eigenvalue weighted by molar-refractivity contribution is 0.0980. The minimum Gasteiger partial charge on any atom is -0.300 e. The van der Waals surface area contributed by atoms with Crippen LogP contribution in [0.4, 0.5) is 0 Å². The summed E-state index contributed by atoms with van der Waals surface area (Å²) in [7, 11) is 0. The second kappa shape index (κ2) is 7.86. The van der Waals surface area contributed by atoms with Crippen molar-refractivity contribution in [2.75, 3.05) is 78.5 Å². The van der Waals surface area contributed by atoms with Crippen molar-refractivity contribution in [3.8, 4) is 0 Å². The summed E-state index contributed by atoms with van der Waals surface area (Å²) in [5.41, 5.74) is 3.38. The summed E-state index contributed by atoms with van der Waals surface area (Å²) in [6.07, 6.45) is 2.50. The lowest BCUT2D eigenvalue weighted by Crippen LogP contribution is -2.62. The molecule has 32 heavy (non-hydrogen) atoms. The second-order valence-electron chi connectivity index (χ2n) is 13.1. The molecule has 4 atom stereocenters. The van der Waals surface area contributed by atoms with E-state index in [1.165, 1.54) is 103 Å². The zero-order valence-corrected chi connectivity index (χ0v) is 20.9. The van der Waals surface area contributed by atoms with Gasteiger partial charge in [0.1, 0.15) is 0 Å². The first-order valence-corrected chi connectivity index (χ1v) is 13.4. The molecule has 0 aromatic carbocycles. The van der Waals surface area contributed by atoms with Gasteiger partial charge in [-0.1, -0.05) is 27.7 Å². The van der Waals surface area contributed by atoms with Gasteiger partial charge in [0.15, 0.2) is 0 Å². The van der Waals surface area contributed by atoms with Crippen LogP contribution in [0.5, 0.6) is 0 Å². The van der Waals surface area contributed by atoms with Gasteiger partial charge in [0.2, 0.25) is 0 Å². The first kappa shape index (κ1) is 21.7. The molecular weight excluding hydrogens is 396 g/mol. The molecule has 178 valence electrons. The van der Waals surface area contributed by atoms with E-state index in [2.05, 4.69) is 47.3 Å². The zero-order chi connectivity index (χ0) is 22.1. The van der Waals surface area contributed by atoms with Crippen molar-refractivity contribution in [3.63, 3.8) is 0 Å². The highest BCUT2D eigenvalue weighted by Crippen LogP contribution is 2.45. The van der Waals surface area contributed by atoms with Gasteiger partial charge < -0.3 is 19.6 Å². The van der Waals surface area contributed by atoms with E-state index in [1.807, 2.05) is 0 Å². The Labute approximate surface area is 195 Å². The van der Waals surface area contributed by atoms with Gasteiger partial charge in [0.05, 0.1) is 11.4 Å². The molecule has 8 rings (SSSR count). The Morgan fingerprint density at radius 1 is 0.625 bits per heavy atom. The highest BCUT2D eigenvalue weighted by molar-refractivity contribution is 5.98. The van der Waals surface area contributed by atoms with Crippen LogP contribution in [0, 0.1) is 34.5 Å². The van der Waals surface area contributed by atoms with Crippen molar-refractivity contribution in [3.05, 3.63) is 0 Å². The van der Waals surface area contributed by atoms with E-state index in [4.69, 9.17) is 10.2 Å². The summed E-state index contributed by atoms with van der Waals surface area (Å²) < 4.78 is 0. The number of nitrogens with zero attached hydrogens (tertiary/aromatic N) is 6. The van der Waals surface area contributed by atoms with Gasteiger partial charge in [-0.2, -0.15) is 10.2 Å². The fourth-order valence-corrected chi connectivity index (χ4v) is 8.73. The van der Waals surface area contributed by atoms with Gasteiger partial charge in [0, 0.05) is 101 Å². The molecule has 4 unspecified atom stereocenters. The highest BCUT2D eigenvalue weighted by Gasteiger charge is 2.54. The molecule has 8 fully saturated rings. The molecular formula is C26H44N6. The summed E-state index contributed by atoms with van der Waals surface area (Å²) in [6.45, 7) is 24.1. The molecule has 8 bridgehead atoms. The SMILES string of the molecule is CC(C)CC12CN3CCN(CC(C3)C1=N/N=C1\C3CN4CCN(C3)CC1(CC(C)C)C4)C2. The summed E-state index contributed by atoms with van der Waals surface area (Å²) in [5.74, 6) is 2.56. The quantitative estimate of drug-likeness (QED) is 0.615. The molecule has 0 amide bonds. The number of fused-ring (bicyclic) bond motifs is 2. The maximum Gasteiger partial charge on any atom is 0.0549 e. The predicted molar refractivity (Wildman–Crippen MR) is 131 cm³/mol. The zero-order valence-electron chi connectivity index (χ0n) is 20.9. The highest BCUT2D eigenvalue weighted by atomic mass is 15.3. The summed E-state index contributed by atoms with van der Waals surface area (Å²) in [5, 5.41) is 10.7. The van der Waals surface area contributed by atoms with E-state index in [-0.39, 0.29) is 10.8 Å². The van der Waals surface area contributed by atoms with E-state index in [9.17, 15) is 0 Å². The van der Waals surface area contributed by atoms with Gasteiger partial charge in [-0.3, -0.25) is 0 Å². The fraction of sp³-hybridized carbons (Fsp3) is 0.923. The molecule has 0 aliphatic carbocycles. The van der Waals surface area contributed by atoms with Gasteiger partial charge in [-0.25, -0.2) is 0 Å². The van der Waals surface area contributed by atoms with Gasteiger partial charge in [-0.05, 0) is 24.7 Å². The standard InChI is InChI=1S/C26H44N6/c1-19(2)9-25-15-29-5-6-30(16-25)12-21(11-29)23(25)27-28-24-22-13-31-7-8-32(14-22)18-26(24,17-31)10-20(3)4/h19-22H,5-18H2,1-4H3/b27-23+,28-24?. The molecule has 8 aliphatic heterocycles. The lowest BCUT2D eigenvalue weighted by Gasteiger charge is -2.52. The molecule has 0 N–H and O–H groups in total. The Morgan fingerprint density at radius 3 is 1.22 bits per heavy atom. The molecule has 0 aromatic rings. The first-order chi connectivity index (χ1) is 15.3. The Kier molecular flexibility index (Phi) is 5.33. The molecule has 8 saturated heterocycles. The molecule has 0 spiro atoms. The minimum absolute atomic E-state index is 0.219. The second-order valence-corrected chi connectivity index (χ2v) is 13.1. The maximum atomic E-state index is 5.33. The third-order valence-corrected chi connectivity index (χ3v) is 9.21. The molecule has 0 radical (unpaired) electrons. The monoisotopic (exact) mass is 440 g/mol. The van der Waals surface area contributed by atoms with Gasteiger partial charge >= 0.3 is 0 Å². The lowest BCUT2D eigenvalue weighted by atomic mass is 9.66. The van der Waals surface area contributed by atoms with Crippen LogP contribution < -0.4 is 0 Å². The molecule has 0 saturated carbocycles. The van der Waals surface area contributed by atoms with Crippen molar-refractivity contribution in [2.24, 2.45) is 44.7 Å². The van der Waals surface area contributed by atoms with Gasteiger partial charge in [-0.15, -0.1) is 0 Å². The van der Waals surface area contributed by atoms with E-state index >= 15 is 0 Å². The van der Waals surface area contributed by atoms with Crippen LogP contribution >= 0.6 is 0 Å². The van der Waals surface area contributed by atoms with Crippen molar-refractivity contribution in [2.45, 2.75) is 40.5 Å². The number of piperidine rings is 4. The normalized spacial score (nSPS) is 49.6. The van der Waals surface area contributed by atoms with E-state index in [1.54, 1.807) is 0 Å². The van der Waals surface area contributed by atoms with Crippen LogP contribution in [0.3, 0.4) is 0 Å². The van der Waals surface area contributed by atoms with Crippen LogP contribution in [0.15, 0.2) is 10.2 Å².